The van der Waals surface area contributed by atoms with Crippen molar-refractivity contribution in [3.8, 4) is 0 Å². The van der Waals surface area contributed by atoms with Gasteiger partial charge in [-0.3, -0.25) is 0 Å². The highest BCUT2D eigenvalue weighted by molar-refractivity contribution is 7.91. The Labute approximate surface area is 309 Å². The molecule has 1 saturated heterocycles. The Morgan fingerprint density at radius 1 is 0.824 bits per heavy atom. The number of hydrogen-bond acceptors (Lipinski definition) is 6. The molecule has 7 aliphatic rings. The average Bonchev–Trinajstić information content (AvgIpc) is 3.72. The van der Waals surface area contributed by atoms with Crippen LogP contribution in [0.1, 0.15) is 128 Å². The standard InChI is InChI=1S/C44H66N2O4S/c1-39(2)32(30-8-10-31(11-9-30)38(47)50-7)14-17-41(4)35(39)16-18-43(6)36(41)13-12-34-37-33(40(3)20-21-40)15-19-44(37,23-22-42(34,43)5)45-24-25-46-26-28-51(48,49)29-27-46/h8-11,14,33-37,45H,12-13,15-29H2,1-7H3. The normalized spacial score (nSPS) is 43.5. The van der Waals surface area contributed by atoms with E-state index in [9.17, 15) is 13.2 Å². The van der Waals surface area contributed by atoms with E-state index in [1.807, 2.05) is 12.1 Å². The third-order valence-corrected chi connectivity index (χ3v) is 19.5. The number of methoxy groups -OCH3 is 1. The molecule has 1 aromatic carbocycles. The first-order valence-corrected chi connectivity index (χ1v) is 22.4. The first kappa shape index (κ1) is 36.3. The van der Waals surface area contributed by atoms with Crippen LogP contribution < -0.4 is 5.32 Å². The van der Waals surface area contributed by atoms with Crippen molar-refractivity contribution in [2.75, 3.05) is 44.8 Å². The minimum atomic E-state index is -2.85. The predicted octanol–water partition coefficient (Wildman–Crippen LogP) is 8.42. The van der Waals surface area contributed by atoms with Crippen LogP contribution in [0.3, 0.4) is 0 Å². The summed E-state index contributed by atoms with van der Waals surface area (Å²) in [6.45, 7) is 19.2. The highest BCUT2D eigenvalue weighted by atomic mass is 32.2. The summed E-state index contributed by atoms with van der Waals surface area (Å²) < 4.78 is 29.1. The lowest BCUT2D eigenvalue weighted by Crippen LogP contribution is -2.68. The maximum atomic E-state index is 12.2. The number of allylic oxidation sites excluding steroid dienone is 2. The Morgan fingerprint density at radius 2 is 1.53 bits per heavy atom. The number of carbonyl (C=O) groups excluding carboxylic acids is 1. The van der Waals surface area contributed by atoms with E-state index in [-0.39, 0.29) is 22.3 Å². The molecule has 1 heterocycles. The van der Waals surface area contributed by atoms with Gasteiger partial charge < -0.3 is 15.0 Å². The number of benzene rings is 1. The lowest BCUT2D eigenvalue weighted by Gasteiger charge is -2.72. The predicted molar refractivity (Wildman–Crippen MR) is 206 cm³/mol. The number of rotatable bonds is 7. The summed E-state index contributed by atoms with van der Waals surface area (Å²) in [5, 5.41) is 4.30. The van der Waals surface area contributed by atoms with Gasteiger partial charge in [-0.2, -0.15) is 0 Å². The quantitative estimate of drug-likeness (QED) is 0.286. The molecule has 7 heteroatoms. The second-order valence-electron chi connectivity index (χ2n) is 20.2. The maximum absolute atomic E-state index is 12.2. The number of ether oxygens (including phenoxy) is 1. The summed E-state index contributed by atoms with van der Waals surface area (Å²) in [5.74, 6) is 4.05. The summed E-state index contributed by atoms with van der Waals surface area (Å²) >= 11 is 0. The van der Waals surface area contributed by atoms with Crippen LogP contribution in [0.2, 0.25) is 0 Å². The molecular formula is C44H66N2O4S. The fourth-order valence-electron chi connectivity index (χ4n) is 14.7. The van der Waals surface area contributed by atoms with Gasteiger partial charge in [0.1, 0.15) is 0 Å². The molecule has 8 rings (SSSR count). The first-order chi connectivity index (χ1) is 24.0. The highest BCUT2D eigenvalue weighted by Gasteiger charge is 2.71. The third-order valence-electron chi connectivity index (χ3n) is 17.9. The number of hydrogen-bond donors (Lipinski definition) is 1. The van der Waals surface area contributed by atoms with E-state index in [0.29, 0.717) is 52.3 Å². The van der Waals surface area contributed by atoms with Crippen molar-refractivity contribution in [3.05, 3.63) is 41.5 Å². The molecule has 0 spiro atoms. The number of nitrogens with zero attached hydrogens (tertiary/aromatic N) is 1. The van der Waals surface area contributed by atoms with Crippen molar-refractivity contribution in [3.63, 3.8) is 0 Å². The monoisotopic (exact) mass is 718 g/mol. The van der Waals surface area contributed by atoms with Crippen LogP contribution in [0.4, 0.5) is 0 Å². The topological polar surface area (TPSA) is 75.7 Å². The van der Waals surface area contributed by atoms with E-state index in [2.05, 4.69) is 70.0 Å². The zero-order valence-electron chi connectivity index (χ0n) is 32.8. The summed E-state index contributed by atoms with van der Waals surface area (Å²) in [4.78, 5) is 14.5. The molecule has 1 aliphatic heterocycles. The second-order valence-corrected chi connectivity index (χ2v) is 22.5. The van der Waals surface area contributed by atoms with Crippen molar-refractivity contribution < 1.29 is 17.9 Å². The minimum absolute atomic E-state index is 0.0557. The van der Waals surface area contributed by atoms with Crippen LogP contribution in [0.25, 0.3) is 5.57 Å². The summed E-state index contributed by atoms with van der Waals surface area (Å²) in [5.41, 5.74) is 5.08. The Hall–Kier alpha value is -1.70. The molecule has 6 aliphatic carbocycles. The van der Waals surface area contributed by atoms with Crippen LogP contribution in [0, 0.1) is 56.7 Å². The molecule has 6 nitrogen and oxygen atoms in total. The van der Waals surface area contributed by atoms with Crippen molar-refractivity contribution >= 4 is 21.4 Å². The molecule has 9 unspecified atom stereocenters. The van der Waals surface area contributed by atoms with Gasteiger partial charge in [-0.05, 0) is 151 Å². The molecule has 0 aromatic heterocycles. The van der Waals surface area contributed by atoms with Crippen LogP contribution >= 0.6 is 0 Å². The molecule has 51 heavy (non-hydrogen) atoms. The van der Waals surface area contributed by atoms with Crippen molar-refractivity contribution in [1.82, 2.24) is 10.2 Å². The molecule has 0 bridgehead atoms. The summed E-state index contributed by atoms with van der Waals surface area (Å²) in [6.07, 6.45) is 17.2. The number of esters is 1. The van der Waals surface area contributed by atoms with Crippen molar-refractivity contribution in [2.24, 2.45) is 56.7 Å². The SMILES string of the molecule is COC(=O)c1ccc(C2=CCC3(C)C(CCC4(C)C3CCC3C5C(C6(C)CC6)CCC5(NCCN5CCS(=O)(=O)CC5)CCC34C)C2(C)C)cc1. The Bertz CT molecular complexity index is 1670. The second kappa shape index (κ2) is 12.2. The smallest absolute Gasteiger partial charge is 0.337 e. The van der Waals surface area contributed by atoms with Gasteiger partial charge in [0, 0.05) is 31.7 Å². The fourth-order valence-corrected chi connectivity index (χ4v) is 16.0. The maximum Gasteiger partial charge on any atom is 0.337 e. The zero-order chi connectivity index (χ0) is 36.2. The Balaban J connectivity index is 1.06. The third kappa shape index (κ3) is 5.49. The van der Waals surface area contributed by atoms with Gasteiger partial charge in [0.25, 0.3) is 0 Å². The van der Waals surface area contributed by atoms with Gasteiger partial charge in [-0.1, -0.05) is 59.8 Å². The van der Waals surface area contributed by atoms with Crippen LogP contribution in [-0.4, -0.2) is 69.6 Å². The molecular weight excluding hydrogens is 653 g/mol. The lowest BCUT2D eigenvalue weighted by atomic mass is 9.32. The molecule has 0 radical (unpaired) electrons. The van der Waals surface area contributed by atoms with Crippen LogP contribution in [0.5, 0.6) is 0 Å². The van der Waals surface area contributed by atoms with E-state index in [0.717, 1.165) is 43.2 Å². The Kier molecular flexibility index (Phi) is 8.65. The molecule has 0 amide bonds. The molecule has 282 valence electrons. The minimum Gasteiger partial charge on any atom is -0.465 e. The zero-order valence-corrected chi connectivity index (χ0v) is 33.6. The highest BCUT2D eigenvalue weighted by Crippen LogP contribution is 2.78. The van der Waals surface area contributed by atoms with Gasteiger partial charge in [0.05, 0.1) is 24.2 Å². The number of sulfone groups is 1. The average molecular weight is 719 g/mol. The van der Waals surface area contributed by atoms with E-state index in [4.69, 9.17) is 4.74 Å². The molecule has 1 aromatic rings. The van der Waals surface area contributed by atoms with Gasteiger partial charge in [0.2, 0.25) is 0 Å². The number of fused-ring (bicyclic) bond motifs is 7. The molecule has 9 atom stereocenters. The van der Waals surface area contributed by atoms with Gasteiger partial charge in [-0.25, -0.2) is 13.2 Å². The van der Waals surface area contributed by atoms with E-state index < -0.39 is 9.84 Å². The Morgan fingerprint density at radius 3 is 2.20 bits per heavy atom. The lowest BCUT2D eigenvalue weighted by molar-refractivity contribution is -0.222. The number of nitrogens with one attached hydrogen (secondary N) is 1. The van der Waals surface area contributed by atoms with Crippen LogP contribution in [-0.2, 0) is 14.6 Å². The van der Waals surface area contributed by atoms with Gasteiger partial charge >= 0.3 is 5.97 Å². The van der Waals surface area contributed by atoms with E-state index in [1.54, 1.807) is 0 Å². The summed E-state index contributed by atoms with van der Waals surface area (Å²) in [7, 11) is -1.40. The van der Waals surface area contributed by atoms with Gasteiger partial charge in [0.15, 0.2) is 9.84 Å². The largest absolute Gasteiger partial charge is 0.465 e. The van der Waals surface area contributed by atoms with E-state index >= 15 is 0 Å². The summed E-state index contributed by atoms with van der Waals surface area (Å²) in [6, 6.07) is 8.14. The number of carbonyl (C=O) groups is 1. The molecule has 1 N–H and O–H groups in total. The van der Waals surface area contributed by atoms with E-state index in [1.165, 1.54) is 82.5 Å². The van der Waals surface area contributed by atoms with Crippen molar-refractivity contribution in [2.45, 2.75) is 118 Å². The van der Waals surface area contributed by atoms with Crippen LogP contribution in [0.15, 0.2) is 30.3 Å². The fraction of sp³-hybridized carbons (Fsp3) is 0.795. The van der Waals surface area contributed by atoms with Crippen molar-refractivity contribution in [1.29, 1.82) is 0 Å². The van der Waals surface area contributed by atoms with Gasteiger partial charge in [-0.15, -0.1) is 0 Å². The first-order valence-electron chi connectivity index (χ1n) is 20.6. The molecule has 5 saturated carbocycles. The molecule has 6 fully saturated rings.